The molecule has 0 bridgehead atoms. The van der Waals surface area contributed by atoms with Crippen LogP contribution in [0.5, 0.6) is 0 Å². The van der Waals surface area contributed by atoms with Gasteiger partial charge in [0, 0.05) is 25.4 Å². The van der Waals surface area contributed by atoms with Crippen LogP contribution >= 0.6 is 0 Å². The highest BCUT2D eigenvalue weighted by molar-refractivity contribution is 5.91. The van der Waals surface area contributed by atoms with E-state index in [0.717, 1.165) is 24.5 Å². The average molecular weight is 322 g/mol. The quantitative estimate of drug-likeness (QED) is 0.860. The zero-order valence-corrected chi connectivity index (χ0v) is 13.7. The molecule has 3 rings (SSSR count). The van der Waals surface area contributed by atoms with Gasteiger partial charge in [-0.3, -0.25) is 4.79 Å². The van der Waals surface area contributed by atoms with Crippen LogP contribution in [0.15, 0.2) is 48.7 Å². The van der Waals surface area contributed by atoms with Crippen molar-refractivity contribution < 1.29 is 4.79 Å². The molecule has 124 valence electrons. The number of amides is 1. The number of piperidine rings is 1. The maximum atomic E-state index is 11.9. The first-order valence-corrected chi connectivity index (χ1v) is 8.39. The van der Waals surface area contributed by atoms with Crippen LogP contribution in [0.3, 0.4) is 0 Å². The van der Waals surface area contributed by atoms with E-state index in [1.54, 1.807) is 12.3 Å². The SMILES string of the molecule is O=C(C=Cc1ccccc1)NCc1nccc(N2CCCCC2)n1. The standard InChI is InChI=1S/C19H22N4O/c24-19(10-9-16-7-3-1-4-8-16)21-15-17-20-12-11-18(22-17)23-13-5-2-6-14-23/h1,3-4,7-12H,2,5-6,13-15H2,(H,21,24). The topological polar surface area (TPSA) is 58.1 Å². The Morgan fingerprint density at radius 2 is 1.92 bits per heavy atom. The zero-order chi connectivity index (χ0) is 16.6. The number of anilines is 1. The van der Waals surface area contributed by atoms with Gasteiger partial charge >= 0.3 is 0 Å². The largest absolute Gasteiger partial charge is 0.357 e. The van der Waals surface area contributed by atoms with E-state index in [1.165, 1.54) is 25.3 Å². The summed E-state index contributed by atoms with van der Waals surface area (Å²) in [5.74, 6) is 1.44. The molecule has 0 radical (unpaired) electrons. The Bertz CT molecular complexity index is 694. The van der Waals surface area contributed by atoms with Crippen molar-refractivity contribution in [3.63, 3.8) is 0 Å². The predicted octanol–water partition coefficient (Wildman–Crippen LogP) is 2.80. The fraction of sp³-hybridized carbons (Fsp3) is 0.316. The van der Waals surface area contributed by atoms with Crippen LogP contribution < -0.4 is 10.2 Å². The zero-order valence-electron chi connectivity index (χ0n) is 13.7. The van der Waals surface area contributed by atoms with E-state index in [4.69, 9.17) is 0 Å². The van der Waals surface area contributed by atoms with Crippen LogP contribution in [0.4, 0.5) is 5.82 Å². The van der Waals surface area contributed by atoms with Gasteiger partial charge in [0.1, 0.15) is 11.6 Å². The van der Waals surface area contributed by atoms with Gasteiger partial charge in [-0.05, 0) is 37.0 Å². The van der Waals surface area contributed by atoms with E-state index in [0.29, 0.717) is 12.4 Å². The maximum absolute atomic E-state index is 11.9. The van der Waals surface area contributed by atoms with E-state index in [9.17, 15) is 4.79 Å². The minimum absolute atomic E-state index is 0.147. The summed E-state index contributed by atoms with van der Waals surface area (Å²) in [4.78, 5) is 23.0. The Morgan fingerprint density at radius 1 is 1.12 bits per heavy atom. The minimum atomic E-state index is -0.147. The molecule has 2 aromatic rings. The van der Waals surface area contributed by atoms with Crippen molar-refractivity contribution in [2.45, 2.75) is 25.8 Å². The molecule has 0 spiro atoms. The summed E-state index contributed by atoms with van der Waals surface area (Å²) >= 11 is 0. The third-order valence-corrected chi connectivity index (χ3v) is 4.02. The third kappa shape index (κ3) is 4.65. The summed E-state index contributed by atoms with van der Waals surface area (Å²) in [7, 11) is 0. The Hall–Kier alpha value is -2.69. The molecule has 0 saturated carbocycles. The van der Waals surface area contributed by atoms with Gasteiger partial charge in [0.25, 0.3) is 0 Å². The summed E-state index contributed by atoms with van der Waals surface area (Å²) in [5, 5.41) is 2.83. The lowest BCUT2D eigenvalue weighted by Gasteiger charge is -2.27. The second kappa shape index (κ2) is 8.24. The maximum Gasteiger partial charge on any atom is 0.244 e. The van der Waals surface area contributed by atoms with E-state index in [2.05, 4.69) is 20.2 Å². The van der Waals surface area contributed by atoms with Gasteiger partial charge in [-0.15, -0.1) is 0 Å². The van der Waals surface area contributed by atoms with E-state index in [1.807, 2.05) is 36.4 Å². The van der Waals surface area contributed by atoms with Crippen molar-refractivity contribution in [2.75, 3.05) is 18.0 Å². The third-order valence-electron chi connectivity index (χ3n) is 4.02. The van der Waals surface area contributed by atoms with Crippen molar-refractivity contribution in [3.05, 3.63) is 60.1 Å². The van der Waals surface area contributed by atoms with E-state index >= 15 is 0 Å². The molecule has 1 fully saturated rings. The molecule has 5 nitrogen and oxygen atoms in total. The second-order valence-electron chi connectivity index (χ2n) is 5.84. The van der Waals surface area contributed by atoms with Crippen LogP contribution in [0, 0.1) is 0 Å². The summed E-state index contributed by atoms with van der Waals surface area (Å²) in [6, 6.07) is 11.7. The number of hydrogen-bond acceptors (Lipinski definition) is 4. The lowest BCUT2D eigenvalue weighted by molar-refractivity contribution is -0.116. The Kier molecular flexibility index (Phi) is 5.56. The van der Waals surface area contributed by atoms with Gasteiger partial charge in [0.15, 0.2) is 0 Å². The first-order valence-electron chi connectivity index (χ1n) is 8.39. The Balaban J connectivity index is 1.54. The fourth-order valence-corrected chi connectivity index (χ4v) is 2.73. The lowest BCUT2D eigenvalue weighted by atomic mass is 10.1. The smallest absolute Gasteiger partial charge is 0.244 e. The average Bonchev–Trinajstić information content (AvgIpc) is 2.66. The van der Waals surface area contributed by atoms with Crippen LogP contribution in [-0.4, -0.2) is 29.0 Å². The van der Waals surface area contributed by atoms with Gasteiger partial charge in [0.2, 0.25) is 5.91 Å². The number of carbonyl (C=O) groups is 1. The van der Waals surface area contributed by atoms with Crippen molar-refractivity contribution in [3.8, 4) is 0 Å². The van der Waals surface area contributed by atoms with Crippen molar-refractivity contribution >= 4 is 17.8 Å². The Labute approximate surface area is 142 Å². The number of hydrogen-bond donors (Lipinski definition) is 1. The molecule has 1 N–H and O–H groups in total. The molecule has 1 aromatic heterocycles. The predicted molar refractivity (Wildman–Crippen MR) is 95.4 cm³/mol. The fourth-order valence-electron chi connectivity index (χ4n) is 2.73. The van der Waals surface area contributed by atoms with E-state index in [-0.39, 0.29) is 5.91 Å². The molecular formula is C19H22N4O. The van der Waals surface area contributed by atoms with Crippen LogP contribution in [0.25, 0.3) is 6.08 Å². The molecule has 1 amide bonds. The molecule has 24 heavy (non-hydrogen) atoms. The van der Waals surface area contributed by atoms with Crippen LogP contribution in [-0.2, 0) is 11.3 Å². The van der Waals surface area contributed by atoms with Crippen molar-refractivity contribution in [2.24, 2.45) is 0 Å². The number of aromatic nitrogens is 2. The van der Waals surface area contributed by atoms with Crippen molar-refractivity contribution in [1.29, 1.82) is 0 Å². The minimum Gasteiger partial charge on any atom is -0.357 e. The highest BCUT2D eigenvalue weighted by Crippen LogP contribution is 2.16. The number of rotatable bonds is 5. The van der Waals surface area contributed by atoms with Crippen LogP contribution in [0.1, 0.15) is 30.7 Å². The molecule has 0 atom stereocenters. The molecule has 5 heteroatoms. The summed E-state index contributed by atoms with van der Waals surface area (Å²) in [6.45, 7) is 2.42. The number of nitrogens with zero attached hydrogens (tertiary/aromatic N) is 3. The molecular weight excluding hydrogens is 300 g/mol. The van der Waals surface area contributed by atoms with Gasteiger partial charge in [-0.1, -0.05) is 30.3 Å². The highest BCUT2D eigenvalue weighted by atomic mass is 16.1. The van der Waals surface area contributed by atoms with Crippen molar-refractivity contribution in [1.82, 2.24) is 15.3 Å². The van der Waals surface area contributed by atoms with E-state index < -0.39 is 0 Å². The summed E-state index contributed by atoms with van der Waals surface area (Å²) < 4.78 is 0. The highest BCUT2D eigenvalue weighted by Gasteiger charge is 2.12. The van der Waals surface area contributed by atoms with Crippen LogP contribution in [0.2, 0.25) is 0 Å². The number of carbonyl (C=O) groups excluding carboxylic acids is 1. The molecule has 1 saturated heterocycles. The number of benzene rings is 1. The number of nitrogens with one attached hydrogen (secondary N) is 1. The summed E-state index contributed by atoms with van der Waals surface area (Å²) in [6.07, 6.45) is 8.79. The molecule has 0 aliphatic carbocycles. The molecule has 0 unspecified atom stereocenters. The first-order chi connectivity index (χ1) is 11.8. The monoisotopic (exact) mass is 322 g/mol. The lowest BCUT2D eigenvalue weighted by Crippen LogP contribution is -2.30. The van der Waals surface area contributed by atoms with Gasteiger partial charge < -0.3 is 10.2 Å². The second-order valence-corrected chi connectivity index (χ2v) is 5.84. The first kappa shape index (κ1) is 16.2. The van der Waals surface area contributed by atoms with Gasteiger partial charge in [-0.25, -0.2) is 9.97 Å². The molecule has 2 heterocycles. The molecule has 1 aliphatic rings. The normalized spacial score (nSPS) is 14.8. The van der Waals surface area contributed by atoms with Gasteiger partial charge in [-0.2, -0.15) is 0 Å². The molecule has 1 aromatic carbocycles. The Morgan fingerprint density at radius 3 is 2.71 bits per heavy atom. The van der Waals surface area contributed by atoms with Gasteiger partial charge in [0.05, 0.1) is 6.54 Å². The summed E-state index contributed by atoms with van der Waals surface area (Å²) in [5.41, 5.74) is 0.996. The molecule has 1 aliphatic heterocycles.